The Hall–Kier alpha value is -0.450. The second-order valence-electron chi connectivity index (χ2n) is 5.93. The van der Waals surface area contributed by atoms with Gasteiger partial charge in [-0.1, -0.05) is 6.07 Å². The van der Waals surface area contributed by atoms with Crippen LogP contribution in [0.5, 0.6) is 0 Å². The highest BCUT2D eigenvalue weighted by Crippen LogP contribution is 2.16. The maximum atomic E-state index is 13.5. The number of guanidine groups is 1. The van der Waals surface area contributed by atoms with E-state index in [1.54, 1.807) is 20.2 Å². The van der Waals surface area contributed by atoms with Gasteiger partial charge in [0.2, 0.25) is 0 Å². The smallest absolute Gasteiger partial charge is 0.191 e. The molecule has 1 aliphatic heterocycles. The summed E-state index contributed by atoms with van der Waals surface area (Å²) in [6.07, 6.45) is 2.16. The topological polar surface area (TPSA) is 48.9 Å². The number of methoxy groups -OCH3 is 1. The predicted octanol–water partition coefficient (Wildman–Crippen LogP) is 2.98. The SMILES string of the molecule is CN=C(NCc1ccc(Br)c(F)c1)NC1CCN(CCOC)CC1.I. The third-order valence-electron chi connectivity index (χ3n) is 4.21. The van der Waals surface area contributed by atoms with Crippen molar-refractivity contribution in [1.29, 1.82) is 0 Å². The van der Waals surface area contributed by atoms with Crippen LogP contribution in [-0.4, -0.2) is 57.3 Å². The molecule has 8 heteroatoms. The van der Waals surface area contributed by atoms with Crippen molar-refractivity contribution in [1.82, 2.24) is 15.5 Å². The van der Waals surface area contributed by atoms with Gasteiger partial charge in [-0.15, -0.1) is 24.0 Å². The van der Waals surface area contributed by atoms with Crippen LogP contribution in [0.3, 0.4) is 0 Å². The summed E-state index contributed by atoms with van der Waals surface area (Å²) in [6.45, 7) is 4.44. The fourth-order valence-corrected chi connectivity index (χ4v) is 2.99. The molecule has 0 saturated carbocycles. The lowest BCUT2D eigenvalue weighted by molar-refractivity contribution is 0.128. The number of nitrogens with one attached hydrogen (secondary N) is 2. The molecule has 2 N–H and O–H groups in total. The molecular formula is C17H27BrFIN4O. The van der Waals surface area contributed by atoms with E-state index in [1.165, 1.54) is 6.07 Å². The molecule has 25 heavy (non-hydrogen) atoms. The van der Waals surface area contributed by atoms with Gasteiger partial charge in [-0.05, 0) is 46.5 Å². The maximum Gasteiger partial charge on any atom is 0.191 e. The van der Waals surface area contributed by atoms with Gasteiger partial charge >= 0.3 is 0 Å². The van der Waals surface area contributed by atoms with E-state index in [0.717, 1.165) is 50.6 Å². The van der Waals surface area contributed by atoms with Gasteiger partial charge < -0.3 is 20.3 Å². The Bertz CT molecular complexity index is 553. The van der Waals surface area contributed by atoms with Crippen LogP contribution in [0.25, 0.3) is 0 Å². The first-order valence-corrected chi connectivity index (χ1v) is 9.04. The molecule has 0 amide bonds. The summed E-state index contributed by atoms with van der Waals surface area (Å²) in [5.41, 5.74) is 0.882. The summed E-state index contributed by atoms with van der Waals surface area (Å²) < 4.78 is 19.2. The first kappa shape index (κ1) is 22.6. The molecule has 2 rings (SSSR count). The molecular weight excluding hydrogens is 502 g/mol. The van der Waals surface area contributed by atoms with Crippen LogP contribution in [-0.2, 0) is 11.3 Å². The molecule has 0 bridgehead atoms. The fraction of sp³-hybridized carbons (Fsp3) is 0.588. The number of piperidine rings is 1. The lowest BCUT2D eigenvalue weighted by Gasteiger charge is -2.32. The number of likely N-dealkylation sites (tertiary alicyclic amines) is 1. The van der Waals surface area contributed by atoms with Gasteiger partial charge in [0.05, 0.1) is 11.1 Å². The highest BCUT2D eigenvalue weighted by Gasteiger charge is 2.19. The summed E-state index contributed by atoms with van der Waals surface area (Å²) in [6, 6.07) is 5.55. The number of benzene rings is 1. The third kappa shape index (κ3) is 7.76. The molecule has 1 heterocycles. The molecule has 5 nitrogen and oxygen atoms in total. The Balaban J connectivity index is 0.00000312. The summed E-state index contributed by atoms with van der Waals surface area (Å²) in [7, 11) is 3.49. The van der Waals surface area contributed by atoms with E-state index in [0.29, 0.717) is 17.1 Å². The lowest BCUT2D eigenvalue weighted by atomic mass is 10.1. The van der Waals surface area contributed by atoms with E-state index in [4.69, 9.17) is 4.74 Å². The monoisotopic (exact) mass is 528 g/mol. The van der Waals surface area contributed by atoms with Crippen LogP contribution in [0.4, 0.5) is 4.39 Å². The van der Waals surface area contributed by atoms with Crippen molar-refractivity contribution in [2.45, 2.75) is 25.4 Å². The number of halogens is 3. The minimum absolute atomic E-state index is 0. The minimum atomic E-state index is -0.249. The van der Waals surface area contributed by atoms with Crippen molar-refractivity contribution in [3.05, 3.63) is 34.1 Å². The average Bonchev–Trinajstić information content (AvgIpc) is 2.60. The molecule has 0 radical (unpaired) electrons. The van der Waals surface area contributed by atoms with Crippen molar-refractivity contribution in [2.75, 3.05) is 40.4 Å². The number of hydrogen-bond donors (Lipinski definition) is 2. The van der Waals surface area contributed by atoms with Gasteiger partial charge in [0.1, 0.15) is 5.82 Å². The van der Waals surface area contributed by atoms with E-state index < -0.39 is 0 Å². The Morgan fingerprint density at radius 1 is 1.40 bits per heavy atom. The van der Waals surface area contributed by atoms with Gasteiger partial charge in [-0.3, -0.25) is 4.99 Å². The quantitative estimate of drug-likeness (QED) is 0.338. The molecule has 0 aromatic heterocycles. The van der Waals surface area contributed by atoms with Crippen LogP contribution in [0, 0.1) is 5.82 Å². The Labute approximate surface area is 174 Å². The molecule has 1 fully saturated rings. The lowest BCUT2D eigenvalue weighted by Crippen LogP contribution is -2.48. The summed E-state index contributed by atoms with van der Waals surface area (Å²) in [5, 5.41) is 6.70. The zero-order valence-corrected chi connectivity index (χ0v) is 18.6. The van der Waals surface area contributed by atoms with Crippen LogP contribution < -0.4 is 10.6 Å². The molecule has 0 unspecified atom stereocenters. The number of ether oxygens (including phenoxy) is 1. The molecule has 1 aromatic rings. The second kappa shape index (κ2) is 12.0. The van der Waals surface area contributed by atoms with Crippen molar-refractivity contribution >= 4 is 45.9 Å². The van der Waals surface area contributed by atoms with Crippen molar-refractivity contribution < 1.29 is 9.13 Å². The second-order valence-corrected chi connectivity index (χ2v) is 6.78. The Morgan fingerprint density at radius 2 is 2.12 bits per heavy atom. The molecule has 142 valence electrons. The first-order valence-electron chi connectivity index (χ1n) is 8.24. The molecule has 1 aliphatic rings. The van der Waals surface area contributed by atoms with Crippen LogP contribution >= 0.6 is 39.9 Å². The van der Waals surface area contributed by atoms with Crippen molar-refractivity contribution in [3.63, 3.8) is 0 Å². The number of hydrogen-bond acceptors (Lipinski definition) is 3. The molecule has 0 aliphatic carbocycles. The van der Waals surface area contributed by atoms with Gasteiger partial charge in [0.15, 0.2) is 5.96 Å². The average molecular weight is 529 g/mol. The highest BCUT2D eigenvalue weighted by molar-refractivity contribution is 14.0. The highest BCUT2D eigenvalue weighted by atomic mass is 127. The number of nitrogens with zero attached hydrogens (tertiary/aromatic N) is 2. The van der Waals surface area contributed by atoms with Crippen LogP contribution in [0.1, 0.15) is 18.4 Å². The van der Waals surface area contributed by atoms with E-state index in [-0.39, 0.29) is 29.8 Å². The van der Waals surface area contributed by atoms with Crippen LogP contribution in [0.2, 0.25) is 0 Å². The summed E-state index contributed by atoms with van der Waals surface area (Å²) >= 11 is 3.17. The largest absolute Gasteiger partial charge is 0.383 e. The standard InChI is InChI=1S/C17H26BrFN4O.HI/c1-20-17(21-12-13-3-4-15(18)16(19)11-13)22-14-5-7-23(8-6-14)9-10-24-2;/h3-4,11,14H,5-10,12H2,1-2H3,(H2,20,21,22);1H. The van der Waals surface area contributed by atoms with Gasteiger partial charge in [0.25, 0.3) is 0 Å². The normalized spacial score (nSPS) is 16.4. The summed E-state index contributed by atoms with van der Waals surface area (Å²) in [5.74, 6) is 0.509. The summed E-state index contributed by atoms with van der Waals surface area (Å²) in [4.78, 5) is 6.68. The number of aliphatic imine (C=N–C) groups is 1. The zero-order chi connectivity index (χ0) is 17.4. The third-order valence-corrected chi connectivity index (χ3v) is 4.85. The van der Waals surface area contributed by atoms with Crippen LogP contribution in [0.15, 0.2) is 27.7 Å². The van der Waals surface area contributed by atoms with Gasteiger partial charge in [0, 0.05) is 46.4 Å². The van der Waals surface area contributed by atoms with E-state index >= 15 is 0 Å². The van der Waals surface area contributed by atoms with Gasteiger partial charge in [-0.25, -0.2) is 4.39 Å². The van der Waals surface area contributed by atoms with E-state index in [1.807, 2.05) is 6.07 Å². The maximum absolute atomic E-state index is 13.5. The Morgan fingerprint density at radius 3 is 2.72 bits per heavy atom. The van der Waals surface area contributed by atoms with Crippen molar-refractivity contribution in [2.24, 2.45) is 4.99 Å². The molecule has 1 saturated heterocycles. The predicted molar refractivity (Wildman–Crippen MR) is 114 cm³/mol. The van der Waals surface area contributed by atoms with E-state index in [9.17, 15) is 4.39 Å². The molecule has 1 aromatic carbocycles. The first-order chi connectivity index (χ1) is 11.6. The number of rotatable bonds is 6. The Kier molecular flexibility index (Phi) is 10.9. The minimum Gasteiger partial charge on any atom is -0.383 e. The van der Waals surface area contributed by atoms with Gasteiger partial charge in [-0.2, -0.15) is 0 Å². The van der Waals surface area contributed by atoms with E-state index in [2.05, 4.69) is 36.5 Å². The fourth-order valence-electron chi connectivity index (χ4n) is 2.74. The zero-order valence-electron chi connectivity index (χ0n) is 14.7. The van der Waals surface area contributed by atoms with Crippen molar-refractivity contribution in [3.8, 4) is 0 Å². The molecule has 0 atom stereocenters. The molecule has 0 spiro atoms.